The van der Waals surface area contributed by atoms with E-state index in [4.69, 9.17) is 14.2 Å². The first kappa shape index (κ1) is 19.5. The molecule has 0 aliphatic carbocycles. The Morgan fingerprint density at radius 3 is 2.11 bits per heavy atom. The second kappa shape index (κ2) is 9.12. The molecule has 0 radical (unpaired) electrons. The van der Waals surface area contributed by atoms with Gasteiger partial charge in [-0.15, -0.1) is 0 Å². The molecule has 1 N–H and O–H groups in total. The van der Waals surface area contributed by atoms with Crippen molar-refractivity contribution in [3.63, 3.8) is 0 Å². The Balaban J connectivity index is 1.53. The lowest BCUT2D eigenvalue weighted by atomic mass is 10.0. The van der Waals surface area contributed by atoms with Gasteiger partial charge in [0.25, 0.3) is 5.91 Å². The molecule has 2 amide bonds. The highest BCUT2D eigenvalue weighted by Gasteiger charge is 2.25. The Bertz CT molecular complexity index is 795. The Hall–Kier alpha value is -3.22. The first-order valence-electron chi connectivity index (χ1n) is 9.15. The van der Waals surface area contributed by atoms with Crippen LogP contribution in [0.2, 0.25) is 0 Å². The number of hydrogen-bond acceptors (Lipinski definition) is 5. The second-order valence-electron chi connectivity index (χ2n) is 6.51. The van der Waals surface area contributed by atoms with Crippen molar-refractivity contribution in [2.45, 2.75) is 18.9 Å². The van der Waals surface area contributed by atoms with Gasteiger partial charge in [-0.05, 0) is 37.1 Å². The molecule has 0 aromatic heterocycles. The van der Waals surface area contributed by atoms with Crippen molar-refractivity contribution in [2.24, 2.45) is 0 Å². The molecule has 2 aromatic carbocycles. The zero-order valence-corrected chi connectivity index (χ0v) is 16.0. The molecule has 1 heterocycles. The zero-order valence-electron chi connectivity index (χ0n) is 16.0. The molecule has 148 valence electrons. The first-order valence-corrected chi connectivity index (χ1v) is 9.15. The largest absolute Gasteiger partial charge is 0.497 e. The number of hydrogen-bond donors (Lipinski definition) is 1. The summed E-state index contributed by atoms with van der Waals surface area (Å²) in [5.41, 5.74) is 0.520. The number of benzene rings is 2. The summed E-state index contributed by atoms with van der Waals surface area (Å²) < 4.78 is 15.7. The molecule has 0 unspecified atom stereocenters. The summed E-state index contributed by atoms with van der Waals surface area (Å²) in [6.45, 7) is 1.10. The van der Waals surface area contributed by atoms with Gasteiger partial charge in [-0.2, -0.15) is 0 Å². The molecular formula is C21H24N2O5. The number of amides is 2. The monoisotopic (exact) mass is 384 g/mol. The molecule has 7 nitrogen and oxygen atoms in total. The lowest BCUT2D eigenvalue weighted by Crippen LogP contribution is -2.47. The smallest absolute Gasteiger partial charge is 0.412 e. The van der Waals surface area contributed by atoms with Crippen molar-refractivity contribution in [3.8, 4) is 17.2 Å². The molecule has 0 bridgehead atoms. The van der Waals surface area contributed by atoms with Gasteiger partial charge in [0, 0.05) is 30.8 Å². The van der Waals surface area contributed by atoms with Crippen molar-refractivity contribution in [1.29, 1.82) is 0 Å². The Labute approximate surface area is 164 Å². The van der Waals surface area contributed by atoms with Crippen LogP contribution < -0.4 is 19.5 Å². The number of nitrogens with one attached hydrogen (secondary N) is 1. The summed E-state index contributed by atoms with van der Waals surface area (Å²) in [5.74, 6) is 1.56. The number of para-hydroxylation sites is 1. The van der Waals surface area contributed by atoms with Crippen LogP contribution in [0.3, 0.4) is 0 Å². The van der Waals surface area contributed by atoms with Gasteiger partial charge in [-0.1, -0.05) is 18.2 Å². The maximum Gasteiger partial charge on any atom is 0.412 e. The third-order valence-electron chi connectivity index (χ3n) is 4.66. The highest BCUT2D eigenvalue weighted by atomic mass is 16.6. The van der Waals surface area contributed by atoms with E-state index in [0.717, 1.165) is 0 Å². The number of nitrogens with zero attached hydrogens (tertiary/aromatic N) is 1. The van der Waals surface area contributed by atoms with Crippen LogP contribution in [0.5, 0.6) is 17.2 Å². The maximum atomic E-state index is 12.8. The average Bonchev–Trinajstić information content (AvgIpc) is 2.74. The Morgan fingerprint density at radius 1 is 0.929 bits per heavy atom. The molecular weight excluding hydrogens is 360 g/mol. The highest BCUT2D eigenvalue weighted by molar-refractivity contribution is 5.95. The van der Waals surface area contributed by atoms with Gasteiger partial charge in [0.2, 0.25) is 0 Å². The van der Waals surface area contributed by atoms with Gasteiger partial charge < -0.3 is 24.4 Å². The summed E-state index contributed by atoms with van der Waals surface area (Å²) in [7, 11) is 3.10. The third-order valence-corrected chi connectivity index (χ3v) is 4.66. The van der Waals surface area contributed by atoms with E-state index in [1.807, 2.05) is 6.07 Å². The second-order valence-corrected chi connectivity index (χ2v) is 6.51. The fourth-order valence-corrected chi connectivity index (χ4v) is 3.13. The molecule has 0 atom stereocenters. The molecule has 0 spiro atoms. The number of piperidine rings is 1. The number of methoxy groups -OCH3 is 2. The van der Waals surface area contributed by atoms with Crippen LogP contribution in [0, 0.1) is 0 Å². The van der Waals surface area contributed by atoms with Crippen LogP contribution in [0.1, 0.15) is 23.2 Å². The Kier molecular flexibility index (Phi) is 6.37. The van der Waals surface area contributed by atoms with Crippen LogP contribution in [0.4, 0.5) is 4.79 Å². The van der Waals surface area contributed by atoms with E-state index in [9.17, 15) is 9.59 Å². The highest BCUT2D eigenvalue weighted by Crippen LogP contribution is 2.24. The van der Waals surface area contributed by atoms with E-state index in [2.05, 4.69) is 5.32 Å². The quantitative estimate of drug-likeness (QED) is 0.857. The van der Waals surface area contributed by atoms with Crippen LogP contribution in [0.25, 0.3) is 0 Å². The standard InChI is InChI=1S/C21H24N2O5/c1-26-18-12-15(13-19(14-18)27-2)20(24)23-10-8-16(9-11-23)22-21(25)28-17-6-4-3-5-7-17/h3-7,12-14,16H,8-11H2,1-2H3,(H,22,25). The summed E-state index contributed by atoms with van der Waals surface area (Å²) in [6, 6.07) is 14.0. The van der Waals surface area contributed by atoms with Gasteiger partial charge in [-0.25, -0.2) is 4.79 Å². The van der Waals surface area contributed by atoms with Crippen molar-refractivity contribution in [2.75, 3.05) is 27.3 Å². The van der Waals surface area contributed by atoms with E-state index in [1.165, 1.54) is 0 Å². The SMILES string of the molecule is COc1cc(OC)cc(C(=O)N2CCC(NC(=O)Oc3ccccc3)CC2)c1. The molecule has 28 heavy (non-hydrogen) atoms. The van der Waals surface area contributed by atoms with E-state index in [-0.39, 0.29) is 11.9 Å². The van der Waals surface area contributed by atoms with Crippen molar-refractivity contribution in [3.05, 3.63) is 54.1 Å². The summed E-state index contributed by atoms with van der Waals surface area (Å²) in [4.78, 5) is 26.6. The van der Waals surface area contributed by atoms with Crippen molar-refractivity contribution in [1.82, 2.24) is 10.2 Å². The van der Waals surface area contributed by atoms with Crippen LogP contribution in [-0.4, -0.2) is 50.3 Å². The van der Waals surface area contributed by atoms with Gasteiger partial charge in [-0.3, -0.25) is 4.79 Å². The van der Waals surface area contributed by atoms with E-state index in [1.54, 1.807) is 61.6 Å². The summed E-state index contributed by atoms with van der Waals surface area (Å²) in [6.07, 6.45) is 0.849. The Morgan fingerprint density at radius 2 is 1.54 bits per heavy atom. The predicted octanol–water partition coefficient (Wildman–Crippen LogP) is 3.10. The zero-order chi connectivity index (χ0) is 19.9. The average molecular weight is 384 g/mol. The molecule has 2 aromatic rings. The van der Waals surface area contributed by atoms with Gasteiger partial charge in [0.15, 0.2) is 0 Å². The van der Waals surface area contributed by atoms with Crippen molar-refractivity contribution >= 4 is 12.0 Å². The normalized spacial score (nSPS) is 14.3. The number of ether oxygens (including phenoxy) is 3. The summed E-state index contributed by atoms with van der Waals surface area (Å²) >= 11 is 0. The van der Waals surface area contributed by atoms with Gasteiger partial charge in [0.05, 0.1) is 14.2 Å². The number of carbonyl (C=O) groups is 2. The summed E-state index contributed by atoms with van der Waals surface area (Å²) in [5, 5.41) is 2.86. The molecule has 7 heteroatoms. The fraction of sp³-hybridized carbons (Fsp3) is 0.333. The minimum absolute atomic E-state index is 0.0277. The molecule has 1 saturated heterocycles. The minimum atomic E-state index is -0.478. The first-order chi connectivity index (χ1) is 13.6. The van der Waals surface area contributed by atoms with Gasteiger partial charge in [0.1, 0.15) is 17.2 Å². The predicted molar refractivity (Wildman–Crippen MR) is 104 cm³/mol. The third kappa shape index (κ3) is 4.94. The van der Waals surface area contributed by atoms with Crippen LogP contribution >= 0.6 is 0 Å². The number of carbonyl (C=O) groups excluding carboxylic acids is 2. The van der Waals surface area contributed by atoms with Crippen molar-refractivity contribution < 1.29 is 23.8 Å². The fourth-order valence-electron chi connectivity index (χ4n) is 3.13. The number of likely N-dealkylation sites (tertiary alicyclic amines) is 1. The lowest BCUT2D eigenvalue weighted by molar-refractivity contribution is 0.0705. The van der Waals surface area contributed by atoms with Crippen LogP contribution in [0.15, 0.2) is 48.5 Å². The van der Waals surface area contributed by atoms with E-state index < -0.39 is 6.09 Å². The topological polar surface area (TPSA) is 77.1 Å². The lowest BCUT2D eigenvalue weighted by Gasteiger charge is -2.32. The maximum absolute atomic E-state index is 12.8. The van der Waals surface area contributed by atoms with E-state index >= 15 is 0 Å². The molecule has 1 aliphatic heterocycles. The molecule has 3 rings (SSSR count). The molecule has 1 aliphatic rings. The minimum Gasteiger partial charge on any atom is -0.497 e. The van der Waals surface area contributed by atoms with Gasteiger partial charge >= 0.3 is 6.09 Å². The molecule has 1 fully saturated rings. The van der Waals surface area contributed by atoms with Crippen LogP contribution in [-0.2, 0) is 0 Å². The van der Waals surface area contributed by atoms with E-state index in [0.29, 0.717) is 48.7 Å². The number of rotatable bonds is 5. The molecule has 0 saturated carbocycles.